The van der Waals surface area contributed by atoms with Gasteiger partial charge in [-0.05, 0) is 40.9 Å². The molecule has 0 spiro atoms. The van der Waals surface area contributed by atoms with Gasteiger partial charge in [0.1, 0.15) is 5.01 Å². The molecule has 0 unspecified atom stereocenters. The number of aromatic nitrogens is 1. The fourth-order valence-corrected chi connectivity index (χ4v) is 3.88. The number of para-hydroxylation sites is 1. The molecule has 0 N–H and O–H groups in total. The van der Waals surface area contributed by atoms with Crippen molar-refractivity contribution in [3.05, 3.63) is 51.7 Å². The van der Waals surface area contributed by atoms with Gasteiger partial charge in [-0.1, -0.05) is 12.1 Å². The van der Waals surface area contributed by atoms with Crippen LogP contribution in [0.5, 0.6) is 0 Å². The minimum absolute atomic E-state index is 0.167. The van der Waals surface area contributed by atoms with Gasteiger partial charge in [-0.15, -0.1) is 11.3 Å². The third-order valence-corrected chi connectivity index (χ3v) is 5.10. The highest BCUT2D eigenvalue weighted by atomic mass is 32.1. The number of benzene rings is 1. The van der Waals surface area contributed by atoms with E-state index in [4.69, 9.17) is 0 Å². The van der Waals surface area contributed by atoms with Crippen molar-refractivity contribution in [2.45, 2.75) is 19.4 Å². The Kier molecular flexibility index (Phi) is 4.31. The lowest BCUT2D eigenvalue weighted by molar-refractivity contribution is -0.130. The van der Waals surface area contributed by atoms with Crippen LogP contribution in [0.2, 0.25) is 0 Å². The van der Waals surface area contributed by atoms with Crippen molar-refractivity contribution in [1.82, 2.24) is 9.88 Å². The van der Waals surface area contributed by atoms with Gasteiger partial charge < -0.3 is 4.90 Å². The number of amides is 1. The second-order valence-electron chi connectivity index (χ2n) is 4.96. The lowest BCUT2D eigenvalue weighted by atomic mass is 10.2. The first-order chi connectivity index (χ1) is 10.2. The van der Waals surface area contributed by atoms with Crippen molar-refractivity contribution < 1.29 is 4.79 Å². The number of carbonyl (C=O) groups is 1. The van der Waals surface area contributed by atoms with Crippen LogP contribution in [0.3, 0.4) is 0 Å². The molecule has 2 aromatic heterocycles. The van der Waals surface area contributed by atoms with Crippen LogP contribution < -0.4 is 0 Å². The number of thiazole rings is 1. The number of aryl methyl sites for hydroxylation is 1. The van der Waals surface area contributed by atoms with E-state index in [9.17, 15) is 4.79 Å². The van der Waals surface area contributed by atoms with Crippen LogP contribution in [0, 0.1) is 0 Å². The van der Waals surface area contributed by atoms with E-state index in [0.29, 0.717) is 13.0 Å². The SMILES string of the molecule is CN(Cc1nc2ccccc2s1)C(=O)CCc1ccsc1. The first-order valence-corrected chi connectivity index (χ1v) is 8.58. The zero-order valence-corrected chi connectivity index (χ0v) is 13.4. The van der Waals surface area contributed by atoms with Crippen LogP contribution in [0.1, 0.15) is 17.0 Å². The van der Waals surface area contributed by atoms with Gasteiger partial charge in [0.2, 0.25) is 5.91 Å². The number of fused-ring (bicyclic) bond motifs is 1. The van der Waals surface area contributed by atoms with E-state index in [2.05, 4.69) is 22.5 Å². The molecular formula is C16H16N2OS2. The summed E-state index contributed by atoms with van der Waals surface area (Å²) in [5, 5.41) is 5.13. The molecule has 0 saturated carbocycles. The molecule has 108 valence electrons. The molecule has 0 aliphatic heterocycles. The maximum atomic E-state index is 12.2. The summed E-state index contributed by atoms with van der Waals surface area (Å²) < 4.78 is 1.17. The zero-order chi connectivity index (χ0) is 14.7. The Hall–Kier alpha value is -1.72. The predicted octanol–water partition coefficient (Wildman–Crippen LogP) is 3.95. The molecular weight excluding hydrogens is 300 g/mol. The molecule has 3 rings (SSSR count). The van der Waals surface area contributed by atoms with Gasteiger partial charge in [0.05, 0.1) is 16.8 Å². The highest BCUT2D eigenvalue weighted by Crippen LogP contribution is 2.22. The highest BCUT2D eigenvalue weighted by molar-refractivity contribution is 7.18. The molecule has 3 aromatic rings. The van der Waals surface area contributed by atoms with Crippen molar-refractivity contribution in [1.29, 1.82) is 0 Å². The Bertz CT molecular complexity index is 701. The molecule has 0 bridgehead atoms. The summed E-state index contributed by atoms with van der Waals surface area (Å²) in [7, 11) is 1.85. The van der Waals surface area contributed by atoms with Crippen molar-refractivity contribution in [3.63, 3.8) is 0 Å². The zero-order valence-electron chi connectivity index (χ0n) is 11.8. The van der Waals surface area contributed by atoms with Gasteiger partial charge in [0.15, 0.2) is 0 Å². The second kappa shape index (κ2) is 6.37. The first kappa shape index (κ1) is 14.2. The van der Waals surface area contributed by atoms with Crippen LogP contribution in [-0.2, 0) is 17.8 Å². The Morgan fingerprint density at radius 3 is 2.90 bits per heavy atom. The van der Waals surface area contributed by atoms with Crippen molar-refractivity contribution in [3.8, 4) is 0 Å². The van der Waals surface area contributed by atoms with Crippen molar-refractivity contribution >= 4 is 38.8 Å². The minimum Gasteiger partial charge on any atom is -0.339 e. The molecule has 3 nitrogen and oxygen atoms in total. The first-order valence-electron chi connectivity index (χ1n) is 6.82. The van der Waals surface area contributed by atoms with Crippen molar-refractivity contribution in [2.24, 2.45) is 0 Å². The summed E-state index contributed by atoms with van der Waals surface area (Å²) in [5.74, 6) is 0.167. The Morgan fingerprint density at radius 2 is 2.14 bits per heavy atom. The van der Waals surface area contributed by atoms with E-state index in [0.717, 1.165) is 16.9 Å². The normalized spacial score (nSPS) is 10.9. The average Bonchev–Trinajstić information content (AvgIpc) is 3.13. The van der Waals surface area contributed by atoms with Crippen LogP contribution >= 0.6 is 22.7 Å². The third kappa shape index (κ3) is 3.49. The molecule has 1 amide bonds. The minimum atomic E-state index is 0.167. The lowest BCUT2D eigenvalue weighted by Gasteiger charge is -2.15. The van der Waals surface area contributed by atoms with Crippen LogP contribution in [0.25, 0.3) is 10.2 Å². The van der Waals surface area contributed by atoms with E-state index in [1.165, 1.54) is 10.3 Å². The quantitative estimate of drug-likeness (QED) is 0.714. The number of carbonyl (C=O) groups excluding carboxylic acids is 1. The molecule has 1 aromatic carbocycles. The monoisotopic (exact) mass is 316 g/mol. The van der Waals surface area contributed by atoms with Gasteiger partial charge in [-0.3, -0.25) is 4.79 Å². The van der Waals surface area contributed by atoms with Crippen LogP contribution in [0.15, 0.2) is 41.1 Å². The van der Waals surface area contributed by atoms with Crippen LogP contribution in [-0.4, -0.2) is 22.8 Å². The number of nitrogens with zero attached hydrogens (tertiary/aromatic N) is 2. The Labute approximate surface area is 131 Å². The topological polar surface area (TPSA) is 33.2 Å². The van der Waals surface area contributed by atoms with E-state index in [-0.39, 0.29) is 5.91 Å². The maximum Gasteiger partial charge on any atom is 0.223 e. The van der Waals surface area contributed by atoms with Gasteiger partial charge in [0, 0.05) is 13.5 Å². The number of thiophene rings is 1. The van der Waals surface area contributed by atoms with Crippen LogP contribution in [0.4, 0.5) is 0 Å². The molecule has 21 heavy (non-hydrogen) atoms. The molecule has 2 heterocycles. The van der Waals surface area contributed by atoms with E-state index in [1.54, 1.807) is 27.6 Å². The van der Waals surface area contributed by atoms with E-state index >= 15 is 0 Å². The van der Waals surface area contributed by atoms with Gasteiger partial charge in [0.25, 0.3) is 0 Å². The predicted molar refractivity (Wildman–Crippen MR) is 88.7 cm³/mol. The van der Waals surface area contributed by atoms with Crippen molar-refractivity contribution in [2.75, 3.05) is 7.05 Å². The Morgan fingerprint density at radius 1 is 1.29 bits per heavy atom. The fourth-order valence-electron chi connectivity index (χ4n) is 2.16. The standard InChI is InChI=1S/C16H16N2OS2/c1-18(16(19)7-6-12-8-9-20-11-12)10-15-17-13-4-2-3-5-14(13)21-15/h2-5,8-9,11H,6-7,10H2,1H3. The molecule has 5 heteroatoms. The number of hydrogen-bond acceptors (Lipinski definition) is 4. The maximum absolute atomic E-state index is 12.2. The third-order valence-electron chi connectivity index (χ3n) is 3.34. The van der Waals surface area contributed by atoms with Gasteiger partial charge in [-0.25, -0.2) is 4.98 Å². The summed E-state index contributed by atoms with van der Waals surface area (Å²) in [5.41, 5.74) is 2.25. The summed E-state index contributed by atoms with van der Waals surface area (Å²) in [6.07, 6.45) is 1.37. The number of rotatable bonds is 5. The summed E-state index contributed by atoms with van der Waals surface area (Å²) in [6, 6.07) is 10.1. The molecule has 0 aliphatic rings. The molecule has 0 saturated heterocycles. The summed E-state index contributed by atoms with van der Waals surface area (Å²) in [4.78, 5) is 18.5. The Balaban J connectivity index is 1.59. The largest absolute Gasteiger partial charge is 0.339 e. The second-order valence-corrected chi connectivity index (χ2v) is 6.85. The fraction of sp³-hybridized carbons (Fsp3) is 0.250. The summed E-state index contributed by atoms with van der Waals surface area (Å²) in [6.45, 7) is 0.585. The molecule has 0 fully saturated rings. The van der Waals surface area contributed by atoms with E-state index in [1.807, 2.05) is 30.6 Å². The molecule has 0 atom stereocenters. The highest BCUT2D eigenvalue weighted by Gasteiger charge is 2.12. The average molecular weight is 316 g/mol. The van der Waals surface area contributed by atoms with Gasteiger partial charge >= 0.3 is 0 Å². The molecule has 0 aliphatic carbocycles. The smallest absolute Gasteiger partial charge is 0.223 e. The van der Waals surface area contributed by atoms with Gasteiger partial charge in [-0.2, -0.15) is 11.3 Å². The summed E-state index contributed by atoms with van der Waals surface area (Å²) >= 11 is 3.33. The number of hydrogen-bond donors (Lipinski definition) is 0. The van der Waals surface area contributed by atoms with E-state index < -0.39 is 0 Å². The lowest BCUT2D eigenvalue weighted by Crippen LogP contribution is -2.26. The molecule has 0 radical (unpaired) electrons.